The van der Waals surface area contributed by atoms with Crippen LogP contribution in [0.25, 0.3) is 10.8 Å². The lowest BCUT2D eigenvalue weighted by Gasteiger charge is -2.14. The van der Waals surface area contributed by atoms with Crippen molar-refractivity contribution >= 4 is 39.9 Å². The first kappa shape index (κ1) is 15.1. The van der Waals surface area contributed by atoms with E-state index in [-0.39, 0.29) is 17.7 Å². The molecule has 0 saturated carbocycles. The molecule has 25 heavy (non-hydrogen) atoms. The number of hydrogen-bond acceptors (Lipinski definition) is 3. The number of benzene rings is 3. The van der Waals surface area contributed by atoms with Gasteiger partial charge in [0.1, 0.15) is 0 Å². The fraction of sp³-hybridized carbons (Fsp3) is 0.0500. The van der Waals surface area contributed by atoms with Gasteiger partial charge < -0.3 is 5.32 Å². The zero-order valence-electron chi connectivity index (χ0n) is 13.4. The van der Waals surface area contributed by atoms with E-state index in [2.05, 4.69) is 5.32 Å². The van der Waals surface area contributed by atoms with Crippen molar-refractivity contribution in [2.24, 2.45) is 0 Å². The molecule has 0 aliphatic carbocycles. The van der Waals surface area contributed by atoms with E-state index in [0.29, 0.717) is 22.5 Å². The smallest absolute Gasteiger partial charge is 0.266 e. The predicted molar refractivity (Wildman–Crippen MR) is 95.8 cm³/mol. The van der Waals surface area contributed by atoms with Crippen LogP contribution in [0, 0.1) is 0 Å². The van der Waals surface area contributed by atoms with Crippen LogP contribution < -0.4 is 10.2 Å². The number of hydrogen-bond donors (Lipinski definition) is 1. The van der Waals surface area contributed by atoms with Crippen LogP contribution in [0.15, 0.2) is 60.7 Å². The van der Waals surface area contributed by atoms with Crippen LogP contribution >= 0.6 is 0 Å². The van der Waals surface area contributed by atoms with E-state index < -0.39 is 0 Å². The Morgan fingerprint density at radius 3 is 1.84 bits per heavy atom. The van der Waals surface area contributed by atoms with Gasteiger partial charge in [-0.3, -0.25) is 14.4 Å². The second-order valence-electron chi connectivity index (χ2n) is 5.92. The van der Waals surface area contributed by atoms with Gasteiger partial charge in [0.15, 0.2) is 0 Å². The number of rotatable bonds is 2. The normalized spacial score (nSPS) is 13.2. The quantitative estimate of drug-likeness (QED) is 0.730. The van der Waals surface area contributed by atoms with E-state index >= 15 is 0 Å². The summed E-state index contributed by atoms with van der Waals surface area (Å²) in [5, 5.41) is 4.50. The summed E-state index contributed by atoms with van der Waals surface area (Å²) >= 11 is 0. The molecule has 4 rings (SSSR count). The Bertz CT molecular complexity index is 984. The van der Waals surface area contributed by atoms with Crippen LogP contribution in [0.2, 0.25) is 0 Å². The van der Waals surface area contributed by atoms with Crippen molar-refractivity contribution in [3.05, 3.63) is 71.8 Å². The minimum Gasteiger partial charge on any atom is -0.326 e. The molecule has 3 amide bonds. The summed E-state index contributed by atoms with van der Waals surface area (Å²) in [6.07, 6.45) is 0. The third-order valence-electron chi connectivity index (χ3n) is 4.20. The minimum atomic E-state index is -0.335. The van der Waals surface area contributed by atoms with Gasteiger partial charge in [0.05, 0.1) is 16.8 Å². The molecule has 1 aliphatic heterocycles. The summed E-state index contributed by atoms with van der Waals surface area (Å²) in [7, 11) is 0. The summed E-state index contributed by atoms with van der Waals surface area (Å²) < 4.78 is 0. The molecule has 3 aromatic rings. The first-order valence-electron chi connectivity index (χ1n) is 7.84. The highest BCUT2D eigenvalue weighted by Crippen LogP contribution is 2.32. The molecule has 1 aliphatic rings. The molecule has 1 N–H and O–H groups in total. The van der Waals surface area contributed by atoms with Gasteiger partial charge in [0.2, 0.25) is 5.91 Å². The fourth-order valence-electron chi connectivity index (χ4n) is 3.06. The molecule has 5 nitrogen and oxygen atoms in total. The summed E-state index contributed by atoms with van der Waals surface area (Å²) in [6, 6.07) is 17.8. The molecule has 0 radical (unpaired) electrons. The van der Waals surface area contributed by atoms with Crippen LogP contribution in [0.3, 0.4) is 0 Å². The molecule has 5 heteroatoms. The van der Waals surface area contributed by atoms with Gasteiger partial charge in [-0.2, -0.15) is 0 Å². The van der Waals surface area contributed by atoms with Gasteiger partial charge in [-0.25, -0.2) is 4.90 Å². The summed E-state index contributed by atoms with van der Waals surface area (Å²) in [5.41, 5.74) is 1.91. The Labute approximate surface area is 143 Å². The van der Waals surface area contributed by atoms with Crippen LogP contribution in [0.1, 0.15) is 27.6 Å². The molecule has 0 unspecified atom stereocenters. The van der Waals surface area contributed by atoms with Gasteiger partial charge in [-0.1, -0.05) is 24.3 Å². The number of carbonyl (C=O) groups excluding carboxylic acids is 3. The van der Waals surface area contributed by atoms with Crippen molar-refractivity contribution in [1.29, 1.82) is 0 Å². The number of nitrogens with zero attached hydrogens (tertiary/aromatic N) is 1. The number of nitrogens with one attached hydrogen (secondary N) is 1. The van der Waals surface area contributed by atoms with Crippen molar-refractivity contribution in [1.82, 2.24) is 0 Å². The number of carbonyl (C=O) groups is 3. The third-order valence-corrected chi connectivity index (χ3v) is 4.20. The summed E-state index contributed by atoms with van der Waals surface area (Å²) in [5.74, 6) is -0.851. The van der Waals surface area contributed by atoms with Gasteiger partial charge in [-0.15, -0.1) is 0 Å². The van der Waals surface area contributed by atoms with E-state index in [4.69, 9.17) is 0 Å². The Morgan fingerprint density at radius 1 is 0.840 bits per heavy atom. The zero-order chi connectivity index (χ0) is 17.6. The fourth-order valence-corrected chi connectivity index (χ4v) is 3.06. The molecular formula is C20H14N2O3. The minimum absolute atomic E-state index is 0.180. The molecule has 0 spiro atoms. The van der Waals surface area contributed by atoms with Crippen molar-refractivity contribution in [3.63, 3.8) is 0 Å². The molecule has 0 atom stereocenters. The first-order chi connectivity index (χ1) is 12.0. The van der Waals surface area contributed by atoms with Crippen molar-refractivity contribution in [3.8, 4) is 0 Å². The second kappa shape index (κ2) is 5.56. The van der Waals surface area contributed by atoms with Gasteiger partial charge in [0.25, 0.3) is 11.8 Å². The predicted octanol–water partition coefficient (Wildman–Crippen LogP) is 3.60. The van der Waals surface area contributed by atoms with E-state index in [9.17, 15) is 14.4 Å². The number of amides is 3. The van der Waals surface area contributed by atoms with Gasteiger partial charge in [0, 0.05) is 12.6 Å². The number of anilines is 2. The van der Waals surface area contributed by atoms with Gasteiger partial charge >= 0.3 is 0 Å². The van der Waals surface area contributed by atoms with Crippen molar-refractivity contribution in [2.75, 3.05) is 10.2 Å². The Hall–Kier alpha value is -3.47. The molecule has 0 aromatic heterocycles. The molecule has 1 heterocycles. The van der Waals surface area contributed by atoms with E-state index in [1.165, 1.54) is 11.8 Å². The van der Waals surface area contributed by atoms with Crippen LogP contribution in [0.4, 0.5) is 11.4 Å². The second-order valence-corrected chi connectivity index (χ2v) is 5.92. The molecule has 122 valence electrons. The largest absolute Gasteiger partial charge is 0.326 e. The summed E-state index contributed by atoms with van der Waals surface area (Å²) in [4.78, 5) is 37.8. The van der Waals surface area contributed by atoms with Gasteiger partial charge in [-0.05, 0) is 47.2 Å². The van der Waals surface area contributed by atoms with Crippen LogP contribution in [-0.4, -0.2) is 17.7 Å². The Balaban J connectivity index is 1.74. The molecule has 0 fully saturated rings. The standard InChI is InChI=1S/C20H14N2O3/c1-12(23)21-15-6-8-16(9-7-15)22-19(24)17-10-13-4-2-3-5-14(13)11-18(17)20(22)25/h2-11H,1H3,(H,21,23). The maximum atomic E-state index is 12.7. The maximum Gasteiger partial charge on any atom is 0.266 e. The molecular weight excluding hydrogens is 316 g/mol. The highest BCUT2D eigenvalue weighted by molar-refractivity contribution is 6.35. The lowest BCUT2D eigenvalue weighted by Crippen LogP contribution is -2.29. The highest BCUT2D eigenvalue weighted by Gasteiger charge is 2.36. The Morgan fingerprint density at radius 2 is 1.36 bits per heavy atom. The van der Waals surface area contributed by atoms with E-state index in [0.717, 1.165) is 10.8 Å². The topological polar surface area (TPSA) is 66.5 Å². The average molecular weight is 330 g/mol. The highest BCUT2D eigenvalue weighted by atomic mass is 16.2. The molecule has 3 aromatic carbocycles. The van der Waals surface area contributed by atoms with Crippen molar-refractivity contribution < 1.29 is 14.4 Å². The third kappa shape index (κ3) is 2.46. The summed E-state index contributed by atoms with van der Waals surface area (Å²) in [6.45, 7) is 1.42. The lowest BCUT2D eigenvalue weighted by atomic mass is 10.0. The number of fused-ring (bicyclic) bond motifs is 2. The zero-order valence-corrected chi connectivity index (χ0v) is 13.4. The van der Waals surface area contributed by atoms with Crippen LogP contribution in [-0.2, 0) is 4.79 Å². The average Bonchev–Trinajstić information content (AvgIpc) is 2.84. The van der Waals surface area contributed by atoms with E-state index in [1.807, 2.05) is 24.3 Å². The van der Waals surface area contributed by atoms with Crippen molar-refractivity contribution in [2.45, 2.75) is 6.92 Å². The maximum absolute atomic E-state index is 12.7. The van der Waals surface area contributed by atoms with Crippen LogP contribution in [0.5, 0.6) is 0 Å². The molecule has 0 bridgehead atoms. The number of imide groups is 1. The lowest BCUT2D eigenvalue weighted by molar-refractivity contribution is -0.114. The first-order valence-corrected chi connectivity index (χ1v) is 7.84. The Kier molecular flexibility index (Phi) is 3.35. The SMILES string of the molecule is CC(=O)Nc1ccc(N2C(=O)c3cc4ccccc4cc3C2=O)cc1. The molecule has 0 saturated heterocycles. The van der Waals surface area contributed by atoms with E-state index in [1.54, 1.807) is 36.4 Å². The monoisotopic (exact) mass is 330 g/mol.